The molecule has 1 aromatic rings. The molecule has 0 bridgehead atoms. The Balaban J connectivity index is 2.27. The third kappa shape index (κ3) is 4.01. The molecule has 1 aromatic heterocycles. The topological polar surface area (TPSA) is 42.4 Å². The molecule has 1 N–H and O–H groups in total. The van der Waals surface area contributed by atoms with Crippen LogP contribution in [0.1, 0.15) is 12.0 Å². The molecular weight excluding hydrogens is 166 g/mol. The van der Waals surface area contributed by atoms with E-state index in [0.717, 1.165) is 18.4 Å². The Kier molecular flexibility index (Phi) is 4.43. The van der Waals surface area contributed by atoms with Crippen LogP contribution < -0.4 is 0 Å². The van der Waals surface area contributed by atoms with Crippen molar-refractivity contribution < 1.29 is 9.84 Å². The lowest BCUT2D eigenvalue weighted by atomic mass is 10.1. The number of aromatic nitrogens is 1. The molecular formula is C10H15NO2. The van der Waals surface area contributed by atoms with E-state index in [1.807, 2.05) is 18.3 Å². The second-order valence-corrected chi connectivity index (χ2v) is 3.01. The van der Waals surface area contributed by atoms with E-state index in [-0.39, 0.29) is 6.10 Å². The minimum Gasteiger partial charge on any atom is -0.391 e. The Labute approximate surface area is 78.4 Å². The lowest BCUT2D eigenvalue weighted by Crippen LogP contribution is -2.14. The van der Waals surface area contributed by atoms with Crippen molar-refractivity contribution in [3.05, 3.63) is 30.1 Å². The van der Waals surface area contributed by atoms with Crippen LogP contribution in [-0.4, -0.2) is 29.9 Å². The van der Waals surface area contributed by atoms with Crippen molar-refractivity contribution in [3.8, 4) is 0 Å². The van der Waals surface area contributed by atoms with E-state index in [2.05, 4.69) is 4.98 Å². The van der Waals surface area contributed by atoms with E-state index in [1.165, 1.54) is 0 Å². The first-order chi connectivity index (χ1) is 6.33. The summed E-state index contributed by atoms with van der Waals surface area (Å²) in [5.41, 5.74) is 1.15. The molecule has 0 amide bonds. The van der Waals surface area contributed by atoms with Crippen LogP contribution in [0.3, 0.4) is 0 Å². The molecule has 1 atom stereocenters. The molecule has 0 aliphatic heterocycles. The minimum absolute atomic E-state index is 0.370. The van der Waals surface area contributed by atoms with Crippen LogP contribution in [-0.2, 0) is 11.2 Å². The third-order valence-electron chi connectivity index (χ3n) is 1.85. The van der Waals surface area contributed by atoms with E-state index in [1.54, 1.807) is 13.3 Å². The number of aliphatic hydroxyl groups excluding tert-OH is 1. The van der Waals surface area contributed by atoms with Gasteiger partial charge in [0.15, 0.2) is 0 Å². The maximum Gasteiger partial charge on any atom is 0.0776 e. The van der Waals surface area contributed by atoms with E-state index < -0.39 is 0 Å². The number of ether oxygens (including phenoxy) is 1. The predicted molar refractivity (Wildman–Crippen MR) is 50.4 cm³/mol. The molecule has 0 aromatic carbocycles. The molecule has 0 aliphatic carbocycles. The van der Waals surface area contributed by atoms with Crippen molar-refractivity contribution in [1.29, 1.82) is 0 Å². The largest absolute Gasteiger partial charge is 0.391 e. The van der Waals surface area contributed by atoms with Gasteiger partial charge in [-0.05, 0) is 24.5 Å². The molecule has 1 rings (SSSR count). The van der Waals surface area contributed by atoms with Crippen LogP contribution in [0, 0.1) is 0 Å². The maximum atomic E-state index is 9.37. The molecule has 0 saturated heterocycles. The summed E-state index contributed by atoms with van der Waals surface area (Å²) in [6.07, 6.45) is 4.76. The third-order valence-corrected chi connectivity index (χ3v) is 1.85. The number of aliphatic hydroxyl groups is 1. The molecule has 13 heavy (non-hydrogen) atoms. The van der Waals surface area contributed by atoms with Crippen molar-refractivity contribution >= 4 is 0 Å². The highest BCUT2D eigenvalue weighted by atomic mass is 16.5. The summed E-state index contributed by atoms with van der Waals surface area (Å²) in [4.78, 5) is 4.00. The van der Waals surface area contributed by atoms with Crippen LogP contribution in [0.15, 0.2) is 24.5 Å². The summed E-state index contributed by atoms with van der Waals surface area (Å²) in [6, 6.07) is 3.91. The van der Waals surface area contributed by atoms with Gasteiger partial charge in [0.25, 0.3) is 0 Å². The lowest BCUT2D eigenvalue weighted by molar-refractivity contribution is 0.0595. The van der Waals surface area contributed by atoms with Crippen LogP contribution in [0.5, 0.6) is 0 Å². The summed E-state index contributed by atoms with van der Waals surface area (Å²) in [6.45, 7) is 0.403. The zero-order valence-corrected chi connectivity index (χ0v) is 7.81. The highest BCUT2D eigenvalue weighted by Gasteiger charge is 2.03. The van der Waals surface area contributed by atoms with Crippen LogP contribution in [0.2, 0.25) is 0 Å². The number of hydrogen-bond acceptors (Lipinski definition) is 3. The summed E-state index contributed by atoms with van der Waals surface area (Å²) in [5.74, 6) is 0. The van der Waals surface area contributed by atoms with Crippen molar-refractivity contribution in [2.75, 3.05) is 13.7 Å². The van der Waals surface area contributed by atoms with Crippen LogP contribution in [0.4, 0.5) is 0 Å². The molecule has 0 radical (unpaired) electrons. The zero-order chi connectivity index (χ0) is 9.52. The van der Waals surface area contributed by atoms with Gasteiger partial charge in [0, 0.05) is 19.5 Å². The number of pyridine rings is 1. The van der Waals surface area contributed by atoms with Crippen molar-refractivity contribution in [2.24, 2.45) is 0 Å². The lowest BCUT2D eigenvalue weighted by Gasteiger charge is -2.08. The molecule has 1 heterocycles. The van der Waals surface area contributed by atoms with E-state index >= 15 is 0 Å². The van der Waals surface area contributed by atoms with Gasteiger partial charge in [0.05, 0.1) is 12.7 Å². The highest BCUT2D eigenvalue weighted by Crippen LogP contribution is 2.03. The van der Waals surface area contributed by atoms with Gasteiger partial charge in [-0.25, -0.2) is 0 Å². The van der Waals surface area contributed by atoms with Crippen LogP contribution >= 0.6 is 0 Å². The monoisotopic (exact) mass is 181 g/mol. The average molecular weight is 181 g/mol. The maximum absolute atomic E-state index is 9.37. The molecule has 72 valence electrons. The van der Waals surface area contributed by atoms with Gasteiger partial charge >= 0.3 is 0 Å². The van der Waals surface area contributed by atoms with Crippen LogP contribution in [0.25, 0.3) is 0 Å². The molecule has 0 spiro atoms. The molecule has 0 fully saturated rings. The highest BCUT2D eigenvalue weighted by molar-refractivity contribution is 5.08. The molecule has 0 aliphatic rings. The number of aryl methyl sites for hydroxylation is 1. The van der Waals surface area contributed by atoms with Gasteiger partial charge in [0.1, 0.15) is 0 Å². The van der Waals surface area contributed by atoms with Crippen molar-refractivity contribution in [3.63, 3.8) is 0 Å². The molecule has 3 heteroatoms. The normalized spacial score (nSPS) is 12.8. The molecule has 0 saturated carbocycles. The number of nitrogens with zero attached hydrogens (tertiary/aromatic N) is 1. The fraction of sp³-hybridized carbons (Fsp3) is 0.500. The second-order valence-electron chi connectivity index (χ2n) is 3.01. The Morgan fingerprint density at radius 2 is 2.46 bits per heavy atom. The van der Waals surface area contributed by atoms with Gasteiger partial charge in [0.2, 0.25) is 0 Å². The summed E-state index contributed by atoms with van der Waals surface area (Å²) < 4.78 is 4.83. The Bertz CT molecular complexity index is 226. The number of hydrogen-bond donors (Lipinski definition) is 1. The van der Waals surface area contributed by atoms with E-state index in [0.29, 0.717) is 6.61 Å². The van der Waals surface area contributed by atoms with Gasteiger partial charge < -0.3 is 9.84 Å². The fourth-order valence-electron chi connectivity index (χ4n) is 1.16. The van der Waals surface area contributed by atoms with Crippen molar-refractivity contribution in [1.82, 2.24) is 4.98 Å². The second kappa shape index (κ2) is 5.67. The first-order valence-electron chi connectivity index (χ1n) is 4.39. The first-order valence-corrected chi connectivity index (χ1v) is 4.39. The summed E-state index contributed by atoms with van der Waals surface area (Å²) >= 11 is 0. The Morgan fingerprint density at radius 1 is 1.62 bits per heavy atom. The van der Waals surface area contributed by atoms with E-state index in [4.69, 9.17) is 4.74 Å². The number of rotatable bonds is 5. The predicted octanol–water partition coefficient (Wildman–Crippen LogP) is 1.02. The molecule has 1 unspecified atom stereocenters. The Hall–Kier alpha value is -0.930. The minimum atomic E-state index is -0.370. The summed E-state index contributed by atoms with van der Waals surface area (Å²) in [5, 5.41) is 9.37. The van der Waals surface area contributed by atoms with E-state index in [9.17, 15) is 5.11 Å². The standard InChI is InChI=1S/C10H15NO2/c1-13-8-10(12)5-4-9-3-2-6-11-7-9/h2-3,6-7,10,12H,4-5,8H2,1H3. The quantitative estimate of drug-likeness (QED) is 0.737. The van der Waals surface area contributed by atoms with Gasteiger partial charge in [-0.2, -0.15) is 0 Å². The SMILES string of the molecule is COCC(O)CCc1cccnc1. The van der Waals surface area contributed by atoms with Gasteiger partial charge in [-0.15, -0.1) is 0 Å². The average Bonchev–Trinajstić information content (AvgIpc) is 2.17. The van der Waals surface area contributed by atoms with Gasteiger partial charge in [-0.3, -0.25) is 4.98 Å². The Morgan fingerprint density at radius 3 is 3.08 bits per heavy atom. The fourth-order valence-corrected chi connectivity index (χ4v) is 1.16. The molecule has 3 nitrogen and oxygen atoms in total. The zero-order valence-electron chi connectivity index (χ0n) is 7.81. The number of methoxy groups -OCH3 is 1. The summed E-state index contributed by atoms with van der Waals surface area (Å²) in [7, 11) is 1.59. The smallest absolute Gasteiger partial charge is 0.0776 e. The van der Waals surface area contributed by atoms with Crippen molar-refractivity contribution in [2.45, 2.75) is 18.9 Å². The first kappa shape index (κ1) is 10.2. The van der Waals surface area contributed by atoms with Gasteiger partial charge in [-0.1, -0.05) is 6.07 Å².